The molecule has 6 nitrogen and oxygen atoms in total. The van der Waals surface area contributed by atoms with E-state index in [-0.39, 0.29) is 11.7 Å². The van der Waals surface area contributed by atoms with Crippen LogP contribution in [0.15, 0.2) is 30.3 Å². The Morgan fingerprint density at radius 1 is 1.37 bits per heavy atom. The van der Waals surface area contributed by atoms with Crippen LogP contribution in [0.5, 0.6) is 11.6 Å². The Morgan fingerprint density at radius 3 is 2.89 bits per heavy atom. The predicted molar refractivity (Wildman–Crippen MR) is 68.4 cm³/mol. The molecule has 0 radical (unpaired) electrons. The van der Waals surface area contributed by atoms with Gasteiger partial charge in [-0.1, -0.05) is 0 Å². The number of fused-ring (bicyclic) bond motifs is 1. The van der Waals surface area contributed by atoms with Crippen LogP contribution in [0.4, 0.5) is 5.69 Å². The van der Waals surface area contributed by atoms with Crippen molar-refractivity contribution in [1.29, 1.82) is 0 Å². The number of carbonyl (C=O) groups is 1. The minimum atomic E-state index is -0.295. The van der Waals surface area contributed by atoms with E-state index in [1.54, 1.807) is 22.9 Å². The number of ether oxygens (including phenoxy) is 1. The number of hydrogen-bond acceptors (Lipinski definition) is 4. The molecule has 19 heavy (non-hydrogen) atoms. The maximum absolute atomic E-state index is 12.0. The lowest BCUT2D eigenvalue weighted by molar-refractivity contribution is 0.102. The number of phenols is 1. The molecule has 2 heterocycles. The molecule has 0 fully saturated rings. The number of aryl methyl sites for hydroxylation is 1. The highest BCUT2D eigenvalue weighted by molar-refractivity contribution is 6.03. The zero-order valence-electron chi connectivity index (χ0n) is 10.2. The fraction of sp³-hybridized carbons (Fsp3) is 0.231. The second-order valence-corrected chi connectivity index (χ2v) is 4.29. The van der Waals surface area contributed by atoms with Crippen LogP contribution in [-0.4, -0.2) is 27.4 Å². The van der Waals surface area contributed by atoms with Crippen LogP contribution in [0.3, 0.4) is 0 Å². The molecule has 0 spiro atoms. The van der Waals surface area contributed by atoms with E-state index in [2.05, 4.69) is 10.4 Å². The molecule has 1 aromatic heterocycles. The SMILES string of the molecule is O=C(Nc1ccc(O)cc1)c1cc2n(n1)CCCO2. The van der Waals surface area contributed by atoms with Gasteiger partial charge >= 0.3 is 0 Å². The van der Waals surface area contributed by atoms with Crippen molar-refractivity contribution in [2.75, 3.05) is 11.9 Å². The first-order chi connectivity index (χ1) is 9.22. The number of hydrogen-bond donors (Lipinski definition) is 2. The number of anilines is 1. The summed E-state index contributed by atoms with van der Waals surface area (Å²) in [5.74, 6) is 0.488. The number of amides is 1. The van der Waals surface area contributed by atoms with Crippen LogP contribution >= 0.6 is 0 Å². The van der Waals surface area contributed by atoms with E-state index in [4.69, 9.17) is 4.74 Å². The molecule has 0 unspecified atom stereocenters. The molecule has 2 aromatic rings. The molecule has 0 saturated carbocycles. The maximum Gasteiger partial charge on any atom is 0.276 e. The number of aromatic hydroxyl groups is 1. The number of aromatic nitrogens is 2. The Hall–Kier alpha value is -2.50. The zero-order chi connectivity index (χ0) is 13.2. The van der Waals surface area contributed by atoms with E-state index < -0.39 is 0 Å². The van der Waals surface area contributed by atoms with Crippen molar-refractivity contribution in [3.05, 3.63) is 36.0 Å². The molecule has 1 amide bonds. The van der Waals surface area contributed by atoms with Crippen molar-refractivity contribution in [2.24, 2.45) is 0 Å². The summed E-state index contributed by atoms with van der Waals surface area (Å²) in [6, 6.07) is 7.90. The second-order valence-electron chi connectivity index (χ2n) is 4.29. The molecule has 0 aliphatic carbocycles. The normalized spacial score (nSPS) is 13.5. The molecule has 3 rings (SSSR count). The van der Waals surface area contributed by atoms with Crippen molar-refractivity contribution >= 4 is 11.6 Å². The largest absolute Gasteiger partial charge is 0.508 e. The third-order valence-electron chi connectivity index (χ3n) is 2.87. The highest BCUT2D eigenvalue weighted by atomic mass is 16.5. The minimum absolute atomic E-state index is 0.156. The Morgan fingerprint density at radius 2 is 2.16 bits per heavy atom. The van der Waals surface area contributed by atoms with Crippen molar-refractivity contribution in [3.63, 3.8) is 0 Å². The van der Waals surface area contributed by atoms with Gasteiger partial charge in [0, 0.05) is 24.7 Å². The Balaban J connectivity index is 1.76. The standard InChI is InChI=1S/C13H13N3O3/c17-10-4-2-9(3-5-10)14-13(18)11-8-12-16(15-11)6-1-7-19-12/h2-5,8,17H,1,6-7H2,(H,14,18). The molecular weight excluding hydrogens is 246 g/mol. The van der Waals surface area contributed by atoms with Crippen LogP contribution in [0.25, 0.3) is 0 Å². The maximum atomic E-state index is 12.0. The van der Waals surface area contributed by atoms with E-state index in [0.29, 0.717) is 23.9 Å². The number of phenolic OH excluding ortho intramolecular Hbond substituents is 1. The van der Waals surface area contributed by atoms with Gasteiger partial charge in [0.2, 0.25) is 5.88 Å². The van der Waals surface area contributed by atoms with E-state index in [1.807, 2.05) is 0 Å². The number of benzene rings is 1. The predicted octanol–water partition coefficient (Wildman–Crippen LogP) is 1.62. The summed E-state index contributed by atoms with van der Waals surface area (Å²) < 4.78 is 7.10. The number of rotatable bonds is 2. The molecule has 1 aliphatic rings. The van der Waals surface area contributed by atoms with Crippen LogP contribution in [0.1, 0.15) is 16.9 Å². The van der Waals surface area contributed by atoms with Crippen molar-refractivity contribution < 1.29 is 14.6 Å². The summed E-state index contributed by atoms with van der Waals surface area (Å²) in [5.41, 5.74) is 0.930. The fourth-order valence-electron chi connectivity index (χ4n) is 1.92. The summed E-state index contributed by atoms with van der Waals surface area (Å²) in [5, 5.41) is 16.1. The summed E-state index contributed by atoms with van der Waals surface area (Å²) in [4.78, 5) is 12.0. The summed E-state index contributed by atoms with van der Waals surface area (Å²) in [7, 11) is 0. The Bertz CT molecular complexity index is 581. The van der Waals surface area contributed by atoms with Gasteiger partial charge in [0.1, 0.15) is 5.75 Å². The average molecular weight is 259 g/mol. The molecule has 0 bridgehead atoms. The quantitative estimate of drug-likeness (QED) is 0.803. The lowest BCUT2D eigenvalue weighted by atomic mass is 10.3. The lowest BCUT2D eigenvalue weighted by Gasteiger charge is -2.13. The monoisotopic (exact) mass is 259 g/mol. The smallest absolute Gasteiger partial charge is 0.276 e. The third kappa shape index (κ3) is 2.37. The molecule has 1 aliphatic heterocycles. The van der Waals surface area contributed by atoms with Gasteiger partial charge in [-0.15, -0.1) is 0 Å². The molecule has 0 atom stereocenters. The molecule has 98 valence electrons. The first-order valence-electron chi connectivity index (χ1n) is 6.03. The van der Waals surface area contributed by atoms with E-state index in [1.165, 1.54) is 12.1 Å². The molecule has 6 heteroatoms. The summed E-state index contributed by atoms with van der Waals surface area (Å²) in [6.45, 7) is 1.42. The molecule has 0 saturated heterocycles. The molecular formula is C13H13N3O3. The van der Waals surface area contributed by atoms with Crippen molar-refractivity contribution in [1.82, 2.24) is 9.78 Å². The van der Waals surface area contributed by atoms with E-state index in [9.17, 15) is 9.90 Å². The highest BCUT2D eigenvalue weighted by Gasteiger charge is 2.17. The van der Waals surface area contributed by atoms with Gasteiger partial charge in [-0.05, 0) is 24.3 Å². The van der Waals surface area contributed by atoms with Crippen LogP contribution < -0.4 is 10.1 Å². The zero-order valence-corrected chi connectivity index (χ0v) is 10.2. The number of nitrogens with one attached hydrogen (secondary N) is 1. The average Bonchev–Trinajstić information content (AvgIpc) is 2.85. The van der Waals surface area contributed by atoms with Crippen molar-refractivity contribution in [2.45, 2.75) is 13.0 Å². The highest BCUT2D eigenvalue weighted by Crippen LogP contribution is 2.20. The van der Waals surface area contributed by atoms with Gasteiger partial charge in [0.05, 0.1) is 6.61 Å². The van der Waals surface area contributed by atoms with Crippen LogP contribution in [0.2, 0.25) is 0 Å². The van der Waals surface area contributed by atoms with E-state index >= 15 is 0 Å². The van der Waals surface area contributed by atoms with E-state index in [0.717, 1.165) is 13.0 Å². The summed E-state index contributed by atoms with van der Waals surface area (Å²) >= 11 is 0. The number of carbonyl (C=O) groups excluding carboxylic acids is 1. The summed E-state index contributed by atoms with van der Waals surface area (Å²) in [6.07, 6.45) is 0.897. The van der Waals surface area contributed by atoms with Gasteiger partial charge in [0.15, 0.2) is 5.69 Å². The van der Waals surface area contributed by atoms with Gasteiger partial charge in [0.25, 0.3) is 5.91 Å². The third-order valence-corrected chi connectivity index (χ3v) is 2.87. The molecule has 1 aromatic carbocycles. The van der Waals surface area contributed by atoms with Crippen molar-refractivity contribution in [3.8, 4) is 11.6 Å². The van der Waals surface area contributed by atoms with Gasteiger partial charge in [-0.2, -0.15) is 5.10 Å². The van der Waals surface area contributed by atoms with Gasteiger partial charge < -0.3 is 15.2 Å². The second kappa shape index (κ2) is 4.64. The van der Waals surface area contributed by atoms with Crippen LogP contribution in [-0.2, 0) is 6.54 Å². The topological polar surface area (TPSA) is 76.4 Å². The Kier molecular flexibility index (Phi) is 2.83. The minimum Gasteiger partial charge on any atom is -0.508 e. The fourth-order valence-corrected chi connectivity index (χ4v) is 1.92. The first-order valence-corrected chi connectivity index (χ1v) is 6.03. The lowest BCUT2D eigenvalue weighted by Crippen LogP contribution is -2.16. The van der Waals surface area contributed by atoms with Crippen LogP contribution in [0, 0.1) is 0 Å². The molecule has 2 N–H and O–H groups in total. The van der Waals surface area contributed by atoms with Gasteiger partial charge in [-0.3, -0.25) is 4.79 Å². The number of nitrogens with zero attached hydrogens (tertiary/aromatic N) is 2. The first kappa shape index (κ1) is 11.6. The van der Waals surface area contributed by atoms with Gasteiger partial charge in [-0.25, -0.2) is 4.68 Å². The Labute approximate surface area is 109 Å².